The Morgan fingerprint density at radius 3 is 2.60 bits per heavy atom. The van der Waals surface area contributed by atoms with E-state index in [1.54, 1.807) is 0 Å². The van der Waals surface area contributed by atoms with Crippen molar-refractivity contribution in [3.05, 3.63) is 29.8 Å². The van der Waals surface area contributed by atoms with Crippen LogP contribution in [0.3, 0.4) is 0 Å². The zero-order chi connectivity index (χ0) is 14.6. The average Bonchev–Trinajstić information content (AvgIpc) is 2.48. The Morgan fingerprint density at radius 2 is 1.85 bits per heavy atom. The molecule has 0 saturated heterocycles. The van der Waals surface area contributed by atoms with Crippen LogP contribution in [0.1, 0.15) is 70.9 Å². The lowest BCUT2D eigenvalue weighted by Gasteiger charge is -2.15. The minimum absolute atomic E-state index is 0.392. The number of ether oxygens (including phenoxy) is 1. The van der Waals surface area contributed by atoms with E-state index in [1.165, 1.54) is 31.2 Å². The van der Waals surface area contributed by atoms with Crippen LogP contribution in [-0.4, -0.2) is 13.2 Å². The van der Waals surface area contributed by atoms with Crippen LogP contribution < -0.4 is 10.1 Å². The van der Waals surface area contributed by atoms with E-state index in [9.17, 15) is 0 Å². The van der Waals surface area contributed by atoms with Gasteiger partial charge in [0.15, 0.2) is 0 Å². The maximum Gasteiger partial charge on any atom is 0.119 e. The standard InChI is InChI=1S/C18H31NO/c1-4-6-7-8-9-14-20-18-12-10-11-17(15-18)16(3)19-13-5-2/h10-12,15-16,19H,4-9,13-14H2,1-3H3. The minimum Gasteiger partial charge on any atom is -0.494 e. The smallest absolute Gasteiger partial charge is 0.119 e. The minimum atomic E-state index is 0.392. The van der Waals surface area contributed by atoms with Crippen LogP contribution in [0.25, 0.3) is 0 Å². The van der Waals surface area contributed by atoms with Gasteiger partial charge in [0.05, 0.1) is 6.61 Å². The van der Waals surface area contributed by atoms with E-state index >= 15 is 0 Å². The van der Waals surface area contributed by atoms with Gasteiger partial charge in [-0.25, -0.2) is 0 Å². The average molecular weight is 277 g/mol. The van der Waals surface area contributed by atoms with Gasteiger partial charge in [-0.05, 0) is 44.0 Å². The molecule has 1 rings (SSSR count). The van der Waals surface area contributed by atoms with Gasteiger partial charge in [-0.3, -0.25) is 0 Å². The molecule has 2 heteroatoms. The molecule has 0 spiro atoms. The Labute approximate surface area is 124 Å². The van der Waals surface area contributed by atoms with Gasteiger partial charge < -0.3 is 10.1 Å². The highest BCUT2D eigenvalue weighted by Gasteiger charge is 2.05. The summed E-state index contributed by atoms with van der Waals surface area (Å²) < 4.78 is 5.85. The van der Waals surface area contributed by atoms with E-state index in [4.69, 9.17) is 4.74 Å². The molecule has 0 bridgehead atoms. The third-order valence-electron chi connectivity index (χ3n) is 3.58. The highest BCUT2D eigenvalue weighted by atomic mass is 16.5. The molecule has 0 fully saturated rings. The van der Waals surface area contributed by atoms with Gasteiger partial charge in [0.2, 0.25) is 0 Å². The normalized spacial score (nSPS) is 12.3. The monoisotopic (exact) mass is 277 g/mol. The van der Waals surface area contributed by atoms with Gasteiger partial charge in [0.1, 0.15) is 5.75 Å². The van der Waals surface area contributed by atoms with Crippen molar-refractivity contribution in [1.82, 2.24) is 5.32 Å². The zero-order valence-electron chi connectivity index (χ0n) is 13.5. The van der Waals surface area contributed by atoms with Crippen LogP contribution in [0, 0.1) is 0 Å². The Hall–Kier alpha value is -1.02. The van der Waals surface area contributed by atoms with Crippen LogP contribution in [0.15, 0.2) is 24.3 Å². The lowest BCUT2D eigenvalue weighted by Crippen LogP contribution is -2.19. The summed E-state index contributed by atoms with van der Waals surface area (Å²) in [6, 6.07) is 8.87. The molecular formula is C18H31NO. The first-order valence-electron chi connectivity index (χ1n) is 8.24. The number of benzene rings is 1. The molecule has 1 unspecified atom stereocenters. The number of hydrogen-bond acceptors (Lipinski definition) is 2. The Morgan fingerprint density at radius 1 is 1.05 bits per heavy atom. The molecule has 0 aliphatic rings. The summed E-state index contributed by atoms with van der Waals surface area (Å²) >= 11 is 0. The van der Waals surface area contributed by atoms with Gasteiger partial charge in [-0.1, -0.05) is 51.7 Å². The summed E-state index contributed by atoms with van der Waals surface area (Å²) in [7, 11) is 0. The molecule has 1 atom stereocenters. The topological polar surface area (TPSA) is 21.3 Å². The molecule has 1 aromatic rings. The van der Waals surface area contributed by atoms with Crippen molar-refractivity contribution in [2.75, 3.05) is 13.2 Å². The van der Waals surface area contributed by atoms with Gasteiger partial charge in [0.25, 0.3) is 0 Å². The third kappa shape index (κ3) is 6.95. The quantitative estimate of drug-likeness (QED) is 0.568. The Kier molecular flexibility index (Phi) is 9.14. The lowest BCUT2D eigenvalue weighted by molar-refractivity contribution is 0.304. The van der Waals surface area contributed by atoms with Crippen molar-refractivity contribution in [2.45, 2.75) is 65.3 Å². The maximum atomic E-state index is 5.85. The highest BCUT2D eigenvalue weighted by Crippen LogP contribution is 2.19. The van der Waals surface area contributed by atoms with Crippen molar-refractivity contribution in [3.8, 4) is 5.75 Å². The first-order chi connectivity index (χ1) is 9.77. The zero-order valence-corrected chi connectivity index (χ0v) is 13.5. The highest BCUT2D eigenvalue weighted by molar-refractivity contribution is 5.30. The predicted molar refractivity (Wildman–Crippen MR) is 87.4 cm³/mol. The predicted octanol–water partition coefficient (Wildman–Crippen LogP) is 5.10. The van der Waals surface area contributed by atoms with E-state index in [0.717, 1.165) is 31.7 Å². The first kappa shape index (κ1) is 17.0. The molecule has 1 aromatic carbocycles. The first-order valence-corrected chi connectivity index (χ1v) is 8.24. The van der Waals surface area contributed by atoms with E-state index < -0.39 is 0 Å². The van der Waals surface area contributed by atoms with Crippen LogP contribution in [-0.2, 0) is 0 Å². The number of hydrogen-bond donors (Lipinski definition) is 1. The van der Waals surface area contributed by atoms with Crippen molar-refractivity contribution in [1.29, 1.82) is 0 Å². The largest absolute Gasteiger partial charge is 0.494 e. The summed E-state index contributed by atoms with van der Waals surface area (Å²) in [4.78, 5) is 0. The van der Waals surface area contributed by atoms with Gasteiger partial charge in [-0.2, -0.15) is 0 Å². The van der Waals surface area contributed by atoms with Gasteiger partial charge in [-0.15, -0.1) is 0 Å². The summed E-state index contributed by atoms with van der Waals surface area (Å²) in [5.41, 5.74) is 1.31. The molecule has 114 valence electrons. The fourth-order valence-corrected chi connectivity index (χ4v) is 2.25. The number of rotatable bonds is 11. The van der Waals surface area contributed by atoms with E-state index in [1.807, 2.05) is 0 Å². The van der Waals surface area contributed by atoms with Crippen LogP contribution >= 0.6 is 0 Å². The third-order valence-corrected chi connectivity index (χ3v) is 3.58. The van der Waals surface area contributed by atoms with Gasteiger partial charge >= 0.3 is 0 Å². The summed E-state index contributed by atoms with van der Waals surface area (Å²) in [6.07, 6.45) is 7.58. The molecule has 0 amide bonds. The van der Waals surface area contributed by atoms with Crippen LogP contribution in [0.2, 0.25) is 0 Å². The molecule has 0 aromatic heterocycles. The second kappa shape index (κ2) is 10.7. The van der Waals surface area contributed by atoms with Crippen molar-refractivity contribution >= 4 is 0 Å². The van der Waals surface area contributed by atoms with Crippen molar-refractivity contribution in [2.24, 2.45) is 0 Å². The molecule has 0 heterocycles. The fourth-order valence-electron chi connectivity index (χ4n) is 2.25. The molecular weight excluding hydrogens is 246 g/mol. The van der Waals surface area contributed by atoms with E-state index in [-0.39, 0.29) is 0 Å². The molecule has 0 radical (unpaired) electrons. The molecule has 0 aliphatic heterocycles. The molecule has 20 heavy (non-hydrogen) atoms. The van der Waals surface area contributed by atoms with Crippen molar-refractivity contribution in [3.63, 3.8) is 0 Å². The second-order valence-corrected chi connectivity index (χ2v) is 5.51. The summed E-state index contributed by atoms with van der Waals surface area (Å²) in [6.45, 7) is 8.54. The van der Waals surface area contributed by atoms with E-state index in [0.29, 0.717) is 6.04 Å². The molecule has 1 N–H and O–H groups in total. The molecule has 2 nitrogen and oxygen atoms in total. The van der Waals surface area contributed by atoms with E-state index in [2.05, 4.69) is 50.4 Å². The lowest BCUT2D eigenvalue weighted by atomic mass is 10.1. The maximum absolute atomic E-state index is 5.85. The van der Waals surface area contributed by atoms with Gasteiger partial charge in [0, 0.05) is 6.04 Å². The second-order valence-electron chi connectivity index (χ2n) is 5.51. The number of nitrogens with one attached hydrogen (secondary N) is 1. The molecule has 0 saturated carbocycles. The summed E-state index contributed by atoms with van der Waals surface area (Å²) in [5.74, 6) is 1.00. The van der Waals surface area contributed by atoms with Crippen molar-refractivity contribution < 1.29 is 4.74 Å². The summed E-state index contributed by atoms with van der Waals surface area (Å²) in [5, 5.41) is 3.51. The van der Waals surface area contributed by atoms with Crippen LogP contribution in [0.4, 0.5) is 0 Å². The Balaban J connectivity index is 2.32. The fraction of sp³-hybridized carbons (Fsp3) is 0.667. The molecule has 0 aliphatic carbocycles. The Bertz CT molecular complexity index is 351. The number of unbranched alkanes of at least 4 members (excludes halogenated alkanes) is 4. The SMILES string of the molecule is CCCCCCCOc1cccc(C(C)NCCC)c1. The van der Waals surface area contributed by atoms with Crippen LogP contribution in [0.5, 0.6) is 5.75 Å².